The molecule has 0 aliphatic carbocycles. The van der Waals surface area contributed by atoms with Gasteiger partial charge in [-0.25, -0.2) is 4.98 Å². The molecule has 1 aromatic carbocycles. The molecule has 3 aromatic rings. The summed E-state index contributed by atoms with van der Waals surface area (Å²) in [6.45, 7) is 16.5. The van der Waals surface area contributed by atoms with Crippen LogP contribution in [0.25, 0.3) is 11.5 Å². The number of likely N-dealkylation sites (tertiary alicyclic amines) is 1. The molecule has 0 unspecified atom stereocenters. The van der Waals surface area contributed by atoms with Crippen molar-refractivity contribution in [3.63, 3.8) is 0 Å². The van der Waals surface area contributed by atoms with E-state index in [-0.39, 0.29) is 5.41 Å². The van der Waals surface area contributed by atoms with Crippen LogP contribution in [0.3, 0.4) is 0 Å². The summed E-state index contributed by atoms with van der Waals surface area (Å²) in [4.78, 5) is 16.0. The van der Waals surface area contributed by atoms with Crippen molar-refractivity contribution < 1.29 is 4.74 Å². The maximum Gasteiger partial charge on any atom is 0.299 e. The highest BCUT2D eigenvalue weighted by Crippen LogP contribution is 2.31. The van der Waals surface area contributed by atoms with Crippen LogP contribution < -0.4 is 4.74 Å². The lowest BCUT2D eigenvalue weighted by Crippen LogP contribution is -2.45. The average molecular weight is 438 g/mol. The molecule has 1 fully saturated rings. The molecular weight excluding hydrogens is 406 g/mol. The van der Waals surface area contributed by atoms with Crippen molar-refractivity contribution >= 4 is 11.5 Å². The Hall–Kier alpha value is -2.38. The molecule has 0 saturated carbocycles. The highest BCUT2D eigenvalue weighted by molar-refractivity contribution is 7.07. The molecule has 0 spiro atoms. The highest BCUT2D eigenvalue weighted by atomic mass is 32.1. The second-order valence-corrected chi connectivity index (χ2v) is 10.4. The van der Waals surface area contributed by atoms with Crippen LogP contribution in [0.15, 0.2) is 24.5 Å². The SMILES string of the molecule is Cc1cc(Oc2nc(-c3cnc(C(C)(C)C)cn3)ns2)c(C)cc1CCN1CC(C)C1. The summed E-state index contributed by atoms with van der Waals surface area (Å²) >= 11 is 1.23. The number of aryl methyl sites for hydroxylation is 2. The minimum Gasteiger partial charge on any atom is -0.430 e. The Morgan fingerprint density at radius 3 is 2.52 bits per heavy atom. The van der Waals surface area contributed by atoms with Crippen LogP contribution in [0, 0.1) is 19.8 Å². The lowest BCUT2D eigenvalue weighted by atomic mass is 9.93. The topological polar surface area (TPSA) is 64.0 Å². The Morgan fingerprint density at radius 1 is 1.10 bits per heavy atom. The average Bonchev–Trinajstić information content (AvgIpc) is 3.15. The number of rotatable bonds is 6. The summed E-state index contributed by atoms with van der Waals surface area (Å²) in [7, 11) is 0. The number of hydrogen-bond acceptors (Lipinski definition) is 7. The normalized spacial score (nSPS) is 15.2. The molecule has 31 heavy (non-hydrogen) atoms. The van der Waals surface area contributed by atoms with E-state index in [4.69, 9.17) is 4.74 Å². The van der Waals surface area contributed by atoms with Crippen LogP contribution in [-0.2, 0) is 11.8 Å². The molecule has 0 bridgehead atoms. The quantitative estimate of drug-likeness (QED) is 0.528. The second kappa shape index (κ2) is 8.63. The van der Waals surface area contributed by atoms with Gasteiger partial charge >= 0.3 is 0 Å². The monoisotopic (exact) mass is 437 g/mol. The van der Waals surface area contributed by atoms with Gasteiger partial charge < -0.3 is 9.64 Å². The van der Waals surface area contributed by atoms with E-state index >= 15 is 0 Å². The third kappa shape index (κ3) is 5.10. The molecule has 7 heteroatoms. The predicted molar refractivity (Wildman–Crippen MR) is 125 cm³/mol. The summed E-state index contributed by atoms with van der Waals surface area (Å²) in [5.74, 6) is 2.22. The zero-order valence-electron chi connectivity index (χ0n) is 19.3. The van der Waals surface area contributed by atoms with Crippen molar-refractivity contribution in [2.75, 3.05) is 19.6 Å². The second-order valence-electron chi connectivity index (χ2n) is 9.68. The van der Waals surface area contributed by atoms with E-state index in [9.17, 15) is 0 Å². The molecule has 1 saturated heterocycles. The van der Waals surface area contributed by atoms with Crippen LogP contribution in [-0.4, -0.2) is 43.9 Å². The van der Waals surface area contributed by atoms with Crippen molar-refractivity contribution in [2.45, 2.75) is 53.4 Å². The van der Waals surface area contributed by atoms with Crippen molar-refractivity contribution in [2.24, 2.45) is 5.92 Å². The van der Waals surface area contributed by atoms with E-state index in [2.05, 4.69) is 77.9 Å². The third-order valence-corrected chi connectivity index (χ3v) is 6.32. The highest BCUT2D eigenvalue weighted by Gasteiger charge is 2.22. The molecule has 164 valence electrons. The Kier molecular flexibility index (Phi) is 6.08. The number of nitrogens with zero attached hydrogens (tertiary/aromatic N) is 5. The Morgan fingerprint density at radius 2 is 1.87 bits per heavy atom. The van der Waals surface area contributed by atoms with Gasteiger partial charge in [-0.05, 0) is 48.9 Å². The van der Waals surface area contributed by atoms with E-state index in [1.807, 2.05) is 0 Å². The Bertz CT molecular complexity index is 1050. The van der Waals surface area contributed by atoms with E-state index in [1.165, 1.54) is 35.7 Å². The molecule has 1 aliphatic heterocycles. The van der Waals surface area contributed by atoms with E-state index in [0.717, 1.165) is 35.9 Å². The molecule has 2 aromatic heterocycles. The fourth-order valence-electron chi connectivity index (χ4n) is 3.80. The number of benzene rings is 1. The van der Waals surface area contributed by atoms with Crippen molar-refractivity contribution in [3.8, 4) is 22.5 Å². The minimum absolute atomic E-state index is 0.0372. The largest absolute Gasteiger partial charge is 0.430 e. The smallest absolute Gasteiger partial charge is 0.299 e. The number of hydrogen-bond donors (Lipinski definition) is 0. The summed E-state index contributed by atoms with van der Waals surface area (Å²) in [6, 6.07) is 4.36. The van der Waals surface area contributed by atoms with Crippen LogP contribution in [0.5, 0.6) is 10.9 Å². The van der Waals surface area contributed by atoms with Crippen LogP contribution in [0.2, 0.25) is 0 Å². The Labute approximate surface area is 188 Å². The van der Waals surface area contributed by atoms with Gasteiger partial charge in [0, 0.05) is 42.8 Å². The van der Waals surface area contributed by atoms with Gasteiger partial charge in [0.05, 0.1) is 11.9 Å². The lowest BCUT2D eigenvalue weighted by molar-refractivity contribution is 0.115. The van der Waals surface area contributed by atoms with Gasteiger partial charge in [-0.3, -0.25) is 4.98 Å². The third-order valence-electron chi connectivity index (χ3n) is 5.72. The Balaban J connectivity index is 1.43. The molecular formula is C24H31N5OS. The fraction of sp³-hybridized carbons (Fsp3) is 0.500. The minimum atomic E-state index is -0.0372. The molecule has 0 amide bonds. The lowest BCUT2D eigenvalue weighted by Gasteiger charge is -2.37. The predicted octanol–water partition coefficient (Wildman–Crippen LogP) is 5.20. The van der Waals surface area contributed by atoms with Gasteiger partial charge in [-0.2, -0.15) is 9.36 Å². The number of aromatic nitrogens is 4. The zero-order chi connectivity index (χ0) is 22.2. The summed E-state index contributed by atoms with van der Waals surface area (Å²) < 4.78 is 10.5. The number of ether oxygens (including phenoxy) is 1. The molecule has 0 N–H and O–H groups in total. The van der Waals surface area contributed by atoms with Crippen LogP contribution >= 0.6 is 11.5 Å². The van der Waals surface area contributed by atoms with E-state index < -0.39 is 0 Å². The van der Waals surface area contributed by atoms with Gasteiger partial charge in [-0.1, -0.05) is 33.8 Å². The molecule has 0 radical (unpaired) electrons. The first-order valence-electron chi connectivity index (χ1n) is 10.9. The van der Waals surface area contributed by atoms with Gasteiger partial charge in [0.15, 0.2) is 5.82 Å². The van der Waals surface area contributed by atoms with Gasteiger partial charge in [-0.15, -0.1) is 0 Å². The fourth-order valence-corrected chi connectivity index (χ4v) is 4.35. The first kappa shape index (κ1) is 21.8. The van der Waals surface area contributed by atoms with Gasteiger partial charge in [0.25, 0.3) is 5.19 Å². The first-order chi connectivity index (χ1) is 14.7. The van der Waals surface area contributed by atoms with E-state index in [0.29, 0.717) is 16.7 Å². The summed E-state index contributed by atoms with van der Waals surface area (Å²) in [6.07, 6.45) is 4.60. The van der Waals surface area contributed by atoms with E-state index in [1.54, 1.807) is 12.4 Å². The zero-order valence-corrected chi connectivity index (χ0v) is 20.1. The van der Waals surface area contributed by atoms with Crippen molar-refractivity contribution in [3.05, 3.63) is 46.9 Å². The summed E-state index contributed by atoms with van der Waals surface area (Å²) in [5, 5.41) is 0.515. The van der Waals surface area contributed by atoms with Gasteiger partial charge in [0.2, 0.25) is 0 Å². The molecule has 6 nitrogen and oxygen atoms in total. The molecule has 1 aliphatic rings. The molecule has 4 rings (SSSR count). The standard InChI is InChI=1S/C24H31N5OS/c1-15-13-29(14-15)8-7-18-9-17(3)20(10-16(18)2)30-23-27-22(28-31-23)19-11-26-21(12-25-19)24(4,5)6/h9-12,15H,7-8,13-14H2,1-6H3. The van der Waals surface area contributed by atoms with Crippen molar-refractivity contribution in [1.29, 1.82) is 0 Å². The maximum absolute atomic E-state index is 6.08. The maximum atomic E-state index is 6.08. The summed E-state index contributed by atoms with van der Waals surface area (Å²) in [5.41, 5.74) is 5.31. The van der Waals surface area contributed by atoms with Crippen LogP contribution in [0.1, 0.15) is 50.1 Å². The van der Waals surface area contributed by atoms with Crippen molar-refractivity contribution in [1.82, 2.24) is 24.2 Å². The molecule has 0 atom stereocenters. The van der Waals surface area contributed by atoms with Gasteiger partial charge in [0.1, 0.15) is 11.4 Å². The molecule has 3 heterocycles. The van der Waals surface area contributed by atoms with Crippen LogP contribution in [0.4, 0.5) is 0 Å². The first-order valence-corrected chi connectivity index (χ1v) is 11.6.